The van der Waals surface area contributed by atoms with Crippen molar-refractivity contribution in [2.75, 3.05) is 0 Å². The molecule has 0 bridgehead atoms. The molecule has 1 aliphatic heterocycles. The average molecular weight is 487 g/mol. The Morgan fingerprint density at radius 1 is 0.297 bits per heavy atom. The average Bonchev–Trinajstić information content (AvgIpc) is 3.30. The van der Waals surface area contributed by atoms with E-state index in [4.69, 9.17) is 0 Å². The van der Waals surface area contributed by atoms with Crippen LogP contribution in [0.15, 0.2) is 158 Å². The molecule has 0 N–H and O–H groups in total. The van der Waals surface area contributed by atoms with Crippen molar-refractivity contribution < 1.29 is 0 Å². The standard InChI is InChI=1S/C36H26Si/c1-3-13-27(14-4-1)29-17-11-19-31(25-29)37(32-20-12-18-30(26-32)28-15-5-2-6-16-28)35-23-9-7-21-33(35)34-22-8-10-24-36(34)37/h1-26H. The molecule has 0 radical (unpaired) electrons. The topological polar surface area (TPSA) is 0 Å². The Kier molecular flexibility index (Phi) is 5.23. The van der Waals surface area contributed by atoms with Crippen LogP contribution in [-0.4, -0.2) is 8.07 Å². The zero-order valence-electron chi connectivity index (χ0n) is 20.5. The van der Waals surface area contributed by atoms with E-state index in [1.54, 1.807) is 0 Å². The Balaban J connectivity index is 1.56. The highest BCUT2D eigenvalue weighted by atomic mass is 28.3. The Labute approximate surface area is 219 Å². The third kappa shape index (κ3) is 3.43. The smallest absolute Gasteiger partial charge is 0.0623 e. The minimum absolute atomic E-state index is 1.26. The van der Waals surface area contributed by atoms with Gasteiger partial charge in [0.25, 0.3) is 0 Å². The van der Waals surface area contributed by atoms with E-state index in [2.05, 4.69) is 158 Å². The fourth-order valence-electron chi connectivity index (χ4n) is 6.15. The third-order valence-electron chi connectivity index (χ3n) is 7.76. The van der Waals surface area contributed by atoms with Gasteiger partial charge in [0.15, 0.2) is 8.07 Å². The van der Waals surface area contributed by atoms with Crippen LogP contribution < -0.4 is 20.7 Å². The maximum atomic E-state index is 2.45. The number of rotatable bonds is 4. The molecule has 0 aromatic heterocycles. The van der Waals surface area contributed by atoms with E-state index in [0.717, 1.165) is 0 Å². The van der Waals surface area contributed by atoms with E-state index in [-0.39, 0.29) is 0 Å². The van der Waals surface area contributed by atoms with Crippen molar-refractivity contribution in [3.05, 3.63) is 158 Å². The molecule has 0 unspecified atom stereocenters. The van der Waals surface area contributed by atoms with E-state index in [1.165, 1.54) is 54.1 Å². The van der Waals surface area contributed by atoms with Crippen molar-refractivity contribution in [1.82, 2.24) is 0 Å². The first-order valence-electron chi connectivity index (χ1n) is 12.9. The van der Waals surface area contributed by atoms with E-state index < -0.39 is 8.07 Å². The van der Waals surface area contributed by atoms with Gasteiger partial charge in [0.1, 0.15) is 0 Å². The van der Waals surface area contributed by atoms with Crippen molar-refractivity contribution in [1.29, 1.82) is 0 Å². The number of fused-ring (bicyclic) bond motifs is 3. The van der Waals surface area contributed by atoms with Gasteiger partial charge < -0.3 is 0 Å². The quantitative estimate of drug-likeness (QED) is 0.253. The Hall–Kier alpha value is -4.46. The molecule has 0 nitrogen and oxygen atoms in total. The maximum Gasteiger partial charge on any atom is 0.180 e. The van der Waals surface area contributed by atoms with Crippen LogP contribution in [0.5, 0.6) is 0 Å². The fraction of sp³-hybridized carbons (Fsp3) is 0. The van der Waals surface area contributed by atoms with Crippen molar-refractivity contribution in [2.24, 2.45) is 0 Å². The summed E-state index contributed by atoms with van der Waals surface area (Å²) in [5.74, 6) is 0. The van der Waals surface area contributed by atoms with E-state index in [1.807, 2.05) is 0 Å². The summed E-state index contributed by atoms with van der Waals surface area (Å²) in [5.41, 5.74) is 7.80. The molecule has 0 aliphatic carbocycles. The van der Waals surface area contributed by atoms with Gasteiger partial charge in [-0.05, 0) is 54.1 Å². The normalized spacial score (nSPS) is 13.1. The molecule has 0 amide bonds. The molecule has 0 saturated heterocycles. The summed E-state index contributed by atoms with van der Waals surface area (Å²) in [5, 5.41) is 5.81. The lowest BCUT2D eigenvalue weighted by molar-refractivity contribution is 1.62. The van der Waals surface area contributed by atoms with E-state index in [0.29, 0.717) is 0 Å². The second-order valence-electron chi connectivity index (χ2n) is 9.73. The lowest BCUT2D eigenvalue weighted by Gasteiger charge is -2.32. The van der Waals surface area contributed by atoms with Gasteiger partial charge in [-0.15, -0.1) is 0 Å². The maximum absolute atomic E-state index is 2.55. The van der Waals surface area contributed by atoms with Gasteiger partial charge in [-0.3, -0.25) is 0 Å². The van der Waals surface area contributed by atoms with Crippen LogP contribution in [0, 0.1) is 0 Å². The molecule has 1 heteroatoms. The molecule has 1 heterocycles. The lowest BCUT2D eigenvalue weighted by atomic mass is 10.1. The first-order chi connectivity index (χ1) is 18.4. The summed E-state index contributed by atoms with van der Waals surface area (Å²) >= 11 is 0. The van der Waals surface area contributed by atoms with E-state index >= 15 is 0 Å². The third-order valence-corrected chi connectivity index (χ3v) is 12.6. The fourth-order valence-corrected chi connectivity index (χ4v) is 11.4. The molecule has 0 atom stereocenters. The van der Waals surface area contributed by atoms with Gasteiger partial charge in [0.05, 0.1) is 0 Å². The zero-order chi connectivity index (χ0) is 24.7. The predicted molar refractivity (Wildman–Crippen MR) is 160 cm³/mol. The summed E-state index contributed by atoms with van der Waals surface area (Å²) in [6.45, 7) is 0. The highest BCUT2D eigenvalue weighted by Crippen LogP contribution is 2.30. The van der Waals surface area contributed by atoms with Gasteiger partial charge in [-0.1, -0.05) is 158 Å². The minimum atomic E-state index is -2.55. The van der Waals surface area contributed by atoms with Crippen molar-refractivity contribution in [3.63, 3.8) is 0 Å². The first kappa shape index (κ1) is 21.8. The van der Waals surface area contributed by atoms with Crippen LogP contribution in [0.25, 0.3) is 33.4 Å². The lowest BCUT2D eigenvalue weighted by Crippen LogP contribution is -2.72. The van der Waals surface area contributed by atoms with Gasteiger partial charge in [-0.2, -0.15) is 0 Å². The number of hydrogen-bond acceptors (Lipinski definition) is 0. The summed E-state index contributed by atoms with van der Waals surface area (Å²) in [7, 11) is -2.55. The molecule has 1 aliphatic rings. The highest BCUT2D eigenvalue weighted by molar-refractivity contribution is 7.22. The second-order valence-corrected chi connectivity index (χ2v) is 13.5. The van der Waals surface area contributed by atoms with Gasteiger partial charge in [0.2, 0.25) is 0 Å². The van der Waals surface area contributed by atoms with Crippen LogP contribution >= 0.6 is 0 Å². The van der Waals surface area contributed by atoms with Crippen molar-refractivity contribution in [3.8, 4) is 33.4 Å². The molecule has 0 saturated carbocycles. The van der Waals surface area contributed by atoms with Gasteiger partial charge in [-0.25, -0.2) is 0 Å². The molecule has 37 heavy (non-hydrogen) atoms. The largest absolute Gasteiger partial charge is 0.180 e. The Morgan fingerprint density at radius 2 is 0.676 bits per heavy atom. The van der Waals surface area contributed by atoms with E-state index in [9.17, 15) is 0 Å². The van der Waals surface area contributed by atoms with Crippen molar-refractivity contribution in [2.45, 2.75) is 0 Å². The monoisotopic (exact) mass is 486 g/mol. The summed E-state index contributed by atoms with van der Waals surface area (Å²) in [6, 6.07) is 58.3. The molecule has 0 fully saturated rings. The van der Waals surface area contributed by atoms with Crippen LogP contribution in [0.4, 0.5) is 0 Å². The molecule has 7 rings (SSSR count). The number of hydrogen-bond donors (Lipinski definition) is 0. The highest BCUT2D eigenvalue weighted by Gasteiger charge is 2.48. The molecular formula is C36H26Si. The van der Waals surface area contributed by atoms with Crippen molar-refractivity contribution >= 4 is 28.8 Å². The Morgan fingerprint density at radius 3 is 1.14 bits per heavy atom. The second kappa shape index (κ2) is 8.88. The molecule has 174 valence electrons. The summed E-state index contributed by atoms with van der Waals surface area (Å²) in [4.78, 5) is 0. The minimum Gasteiger partial charge on any atom is -0.0623 e. The SMILES string of the molecule is c1ccc(-c2cccc([Si]3(c4cccc(-c5ccccc5)c4)c4ccccc4-c4ccccc43)c2)cc1. The Bertz CT molecular complexity index is 1590. The molecule has 0 spiro atoms. The zero-order valence-corrected chi connectivity index (χ0v) is 21.5. The summed E-state index contributed by atoms with van der Waals surface area (Å²) in [6.07, 6.45) is 0. The predicted octanol–water partition coefficient (Wildman–Crippen LogP) is 6.38. The number of benzene rings is 6. The van der Waals surface area contributed by atoms with Crippen LogP contribution in [-0.2, 0) is 0 Å². The molecular weight excluding hydrogens is 460 g/mol. The summed E-state index contributed by atoms with van der Waals surface area (Å²) < 4.78 is 0. The van der Waals surface area contributed by atoms with Gasteiger partial charge in [0, 0.05) is 0 Å². The molecule has 6 aromatic carbocycles. The van der Waals surface area contributed by atoms with Crippen LogP contribution in [0.2, 0.25) is 0 Å². The van der Waals surface area contributed by atoms with Gasteiger partial charge >= 0.3 is 0 Å². The van der Waals surface area contributed by atoms with Crippen LogP contribution in [0.3, 0.4) is 0 Å². The molecule has 6 aromatic rings. The first-order valence-corrected chi connectivity index (χ1v) is 14.9. The van der Waals surface area contributed by atoms with Crippen LogP contribution in [0.1, 0.15) is 0 Å².